The van der Waals surface area contributed by atoms with Gasteiger partial charge in [0.25, 0.3) is 0 Å². The molecule has 0 aliphatic rings. The van der Waals surface area contributed by atoms with E-state index < -0.39 is 78.6 Å². The molecule has 1 heterocycles. The van der Waals surface area contributed by atoms with Crippen molar-refractivity contribution >= 4 is 43.4 Å². The maximum Gasteiger partial charge on any atom is 0.114 e. The first-order chi connectivity index (χ1) is 28.7. The van der Waals surface area contributed by atoms with Gasteiger partial charge in [0.15, 0.2) is 0 Å². The molecule has 47 heavy (non-hydrogen) atoms. The average Bonchev–Trinajstić information content (AvgIpc) is 3.65. The van der Waals surface area contributed by atoms with Gasteiger partial charge in [-0.1, -0.05) is 134 Å². The number of aryl methyl sites for hydroxylation is 1. The molecule has 0 aliphatic carbocycles. The average molecular weight is 614 g/mol. The van der Waals surface area contributed by atoms with Gasteiger partial charge >= 0.3 is 0 Å². The van der Waals surface area contributed by atoms with Crippen LogP contribution in [0.5, 0.6) is 0 Å². The Hall–Kier alpha value is -5.99. The third-order valence-corrected chi connectivity index (χ3v) is 8.63. The molecular weight excluding hydrogens is 569 g/mol. The van der Waals surface area contributed by atoms with Gasteiger partial charge in [-0.05, 0) is 102 Å². The van der Waals surface area contributed by atoms with Crippen molar-refractivity contribution < 1.29 is 17.8 Å². The highest BCUT2D eigenvalue weighted by Crippen LogP contribution is 2.44. The van der Waals surface area contributed by atoms with Crippen molar-refractivity contribution in [2.24, 2.45) is 0 Å². The molecule has 0 aliphatic heterocycles. The zero-order chi connectivity index (χ0) is 42.6. The van der Waals surface area contributed by atoms with Crippen LogP contribution in [0.2, 0.25) is 0 Å². The lowest BCUT2D eigenvalue weighted by atomic mass is 9.85. The number of para-hydroxylation sites is 2. The Balaban J connectivity index is 1.38. The van der Waals surface area contributed by atoms with Gasteiger partial charge in [0.1, 0.15) is 5.82 Å². The lowest BCUT2D eigenvalue weighted by Gasteiger charge is -2.18. The molecule has 0 saturated carbocycles. The summed E-state index contributed by atoms with van der Waals surface area (Å²) in [6, 6.07) is 19.3. The van der Waals surface area contributed by atoms with Gasteiger partial charge in [0, 0.05) is 12.1 Å². The quantitative estimate of drug-likeness (QED) is 0.177. The van der Waals surface area contributed by atoms with Crippen LogP contribution in [0.25, 0.3) is 82.4 Å². The molecule has 1 aromatic heterocycles. The Labute approximate surface area is 292 Å². The number of imidazole rings is 1. The summed E-state index contributed by atoms with van der Waals surface area (Å²) in [4.78, 5) is 4.82. The number of benzene rings is 8. The Morgan fingerprint density at radius 2 is 1.13 bits per heavy atom. The van der Waals surface area contributed by atoms with E-state index in [1.807, 2.05) is 61.5 Å². The fourth-order valence-corrected chi connectivity index (χ4v) is 6.56. The van der Waals surface area contributed by atoms with Gasteiger partial charge in [-0.3, -0.25) is 4.57 Å². The van der Waals surface area contributed by atoms with E-state index in [1.54, 1.807) is 24.3 Å². The van der Waals surface area contributed by atoms with E-state index in [2.05, 4.69) is 4.57 Å². The molecule has 0 spiro atoms. The lowest BCUT2D eigenvalue weighted by molar-refractivity contribution is 0.909. The van der Waals surface area contributed by atoms with Crippen molar-refractivity contribution in [2.75, 3.05) is 0 Å². The number of hydrogen-bond donors (Lipinski definition) is 0. The fraction of sp³-hybridized carbons (Fsp3) is 0.0444. The van der Waals surface area contributed by atoms with E-state index in [1.165, 1.54) is 6.07 Å². The molecule has 8 aromatic carbocycles. The van der Waals surface area contributed by atoms with E-state index in [-0.39, 0.29) is 49.4 Å². The van der Waals surface area contributed by atoms with Crippen molar-refractivity contribution in [1.82, 2.24) is 9.55 Å². The Kier molecular flexibility index (Phi) is 4.04. The Morgan fingerprint density at radius 3 is 1.83 bits per heavy atom. The van der Waals surface area contributed by atoms with Crippen LogP contribution in [0.4, 0.5) is 0 Å². The minimum absolute atomic E-state index is 0.00117. The number of rotatable bonds is 5. The number of hydrogen-bond acceptors (Lipinski definition) is 1. The van der Waals surface area contributed by atoms with Crippen molar-refractivity contribution in [2.45, 2.75) is 13.3 Å². The van der Waals surface area contributed by atoms with Gasteiger partial charge in [0.2, 0.25) is 0 Å². The van der Waals surface area contributed by atoms with Crippen molar-refractivity contribution in [3.05, 3.63) is 169 Å². The predicted molar refractivity (Wildman–Crippen MR) is 199 cm³/mol. The SMILES string of the molecule is [2H]c1c([2H])c([2H])c(-c2cccc(-c3c4c([2H])c([2H])c([2H])c([2H])c4c(-c4ccc5cc(-n6c(CC)nc7ccccc76)ccc5c4)c4c([2H])c([2H])c([2H])c([2H])c34)c2)c([2H])c1[2H]. The van der Waals surface area contributed by atoms with Crippen LogP contribution in [0.1, 0.15) is 30.6 Å². The minimum Gasteiger partial charge on any atom is -0.296 e. The first-order valence-corrected chi connectivity index (χ1v) is 15.3. The molecule has 0 unspecified atom stereocenters. The standard InChI is InChI=1S/C45H32N2/c1-2-43-46-41-21-10-11-22-42(41)47(43)36-26-25-32-28-35(24-23-33(32)29-36)45-39-19-8-6-17-37(39)44(38-18-7-9-20-40(38)45)34-16-12-15-31(27-34)30-13-4-3-5-14-30/h3-29H,2H2,1H3/i3D,4D,5D,6D,7D,8D,9D,13D,14D,17D,18D,19D,20D. The van der Waals surface area contributed by atoms with Crippen LogP contribution in [0.15, 0.2) is 163 Å². The van der Waals surface area contributed by atoms with E-state index in [9.17, 15) is 5.48 Å². The van der Waals surface area contributed by atoms with Crippen LogP contribution in [-0.2, 0) is 6.42 Å². The van der Waals surface area contributed by atoms with Crippen LogP contribution < -0.4 is 0 Å². The monoisotopic (exact) mass is 613 g/mol. The molecule has 0 fully saturated rings. The molecule has 0 N–H and O–H groups in total. The first-order valence-electron chi connectivity index (χ1n) is 21.8. The van der Waals surface area contributed by atoms with E-state index in [4.69, 9.17) is 17.3 Å². The van der Waals surface area contributed by atoms with E-state index in [0.29, 0.717) is 12.0 Å². The summed E-state index contributed by atoms with van der Waals surface area (Å²) in [5, 5.41) is 1.71. The molecule has 0 saturated heterocycles. The highest BCUT2D eigenvalue weighted by molar-refractivity contribution is 6.21. The smallest absolute Gasteiger partial charge is 0.114 e. The molecule has 2 nitrogen and oxygen atoms in total. The summed E-state index contributed by atoms with van der Waals surface area (Å²) in [5.74, 6) is 0.896. The molecule has 0 atom stereocenters. The van der Waals surface area contributed by atoms with Gasteiger partial charge in [-0.2, -0.15) is 0 Å². The summed E-state index contributed by atoms with van der Waals surface area (Å²) >= 11 is 0. The minimum atomic E-state index is -0.559. The Morgan fingerprint density at radius 1 is 0.532 bits per heavy atom. The maximum atomic E-state index is 9.35. The lowest BCUT2D eigenvalue weighted by Crippen LogP contribution is -2.00. The topological polar surface area (TPSA) is 17.8 Å². The second-order valence-corrected chi connectivity index (χ2v) is 11.3. The molecule has 2 heteroatoms. The van der Waals surface area contributed by atoms with Gasteiger partial charge < -0.3 is 0 Å². The first kappa shape index (κ1) is 17.1. The van der Waals surface area contributed by atoms with Gasteiger partial charge in [-0.25, -0.2) is 4.98 Å². The second kappa shape index (κ2) is 11.1. The summed E-state index contributed by atoms with van der Waals surface area (Å²) in [7, 11) is 0. The predicted octanol–water partition coefficient (Wildman–Crippen LogP) is 12.0. The molecule has 9 rings (SSSR count). The maximum absolute atomic E-state index is 9.35. The van der Waals surface area contributed by atoms with E-state index in [0.717, 1.165) is 33.3 Å². The highest BCUT2D eigenvalue weighted by atomic mass is 15.1. The zero-order valence-electron chi connectivity index (χ0n) is 38.2. The molecule has 0 amide bonds. The second-order valence-electron chi connectivity index (χ2n) is 11.3. The van der Waals surface area contributed by atoms with Crippen LogP contribution in [-0.4, -0.2) is 9.55 Å². The van der Waals surface area contributed by atoms with Crippen molar-refractivity contribution in [1.29, 1.82) is 0 Å². The highest BCUT2D eigenvalue weighted by Gasteiger charge is 2.18. The van der Waals surface area contributed by atoms with Crippen LogP contribution >= 0.6 is 0 Å². The van der Waals surface area contributed by atoms with Crippen molar-refractivity contribution in [3.8, 4) is 39.1 Å². The van der Waals surface area contributed by atoms with Gasteiger partial charge in [0.05, 0.1) is 28.9 Å². The van der Waals surface area contributed by atoms with Crippen LogP contribution in [0.3, 0.4) is 0 Å². The normalized spacial score (nSPS) is 15.5. The summed E-state index contributed by atoms with van der Waals surface area (Å²) in [5.41, 5.74) is 3.85. The zero-order valence-corrected chi connectivity index (χ0v) is 25.2. The third kappa shape index (κ3) is 4.53. The third-order valence-electron chi connectivity index (χ3n) is 8.63. The molecule has 222 valence electrons. The summed E-state index contributed by atoms with van der Waals surface area (Å²) in [6.45, 7) is 2.05. The van der Waals surface area contributed by atoms with Gasteiger partial charge in [-0.15, -0.1) is 0 Å². The molecule has 0 bridgehead atoms. The molecular formula is C45H32N2. The van der Waals surface area contributed by atoms with E-state index >= 15 is 0 Å². The molecule has 9 aromatic rings. The van der Waals surface area contributed by atoms with Crippen molar-refractivity contribution in [3.63, 3.8) is 0 Å². The summed E-state index contributed by atoms with van der Waals surface area (Å²) in [6.07, 6.45) is 0.705. The largest absolute Gasteiger partial charge is 0.296 e. The fourth-order valence-electron chi connectivity index (χ4n) is 6.56. The molecule has 0 radical (unpaired) electrons. The van der Waals surface area contributed by atoms with Crippen LogP contribution in [0, 0.1) is 0 Å². The summed E-state index contributed by atoms with van der Waals surface area (Å²) < 4.78 is 117. The number of nitrogens with zero attached hydrogens (tertiary/aromatic N) is 2. The number of fused-ring (bicyclic) bond motifs is 4. The number of aromatic nitrogens is 2. The Bertz CT molecular complexity index is 3250.